The van der Waals surface area contributed by atoms with Crippen LogP contribution in [0, 0.1) is 16.7 Å². The van der Waals surface area contributed by atoms with Crippen molar-refractivity contribution in [1.82, 2.24) is 15.0 Å². The number of hydrogen-bond donors (Lipinski definition) is 1. The van der Waals surface area contributed by atoms with Gasteiger partial charge < -0.3 is 5.11 Å². The van der Waals surface area contributed by atoms with E-state index in [9.17, 15) is 10.4 Å². The van der Waals surface area contributed by atoms with Crippen LogP contribution in [0.15, 0.2) is 60.1 Å². The van der Waals surface area contributed by atoms with Crippen LogP contribution >= 0.6 is 11.8 Å². The van der Waals surface area contributed by atoms with E-state index in [1.807, 2.05) is 52.3 Å². The summed E-state index contributed by atoms with van der Waals surface area (Å²) < 4.78 is 0. The molecule has 0 radical (unpaired) electrons. The van der Waals surface area contributed by atoms with E-state index in [2.05, 4.69) is 39.2 Å². The zero-order valence-electron chi connectivity index (χ0n) is 18.6. The number of hydrogen-bond acceptors (Lipinski definition) is 6. The molecule has 0 saturated heterocycles. The topological polar surface area (TPSA) is 82.7 Å². The molecule has 0 aliphatic heterocycles. The Kier molecular flexibility index (Phi) is 6.78. The van der Waals surface area contributed by atoms with Gasteiger partial charge in [0.1, 0.15) is 6.33 Å². The van der Waals surface area contributed by atoms with E-state index in [4.69, 9.17) is 0 Å². The molecule has 31 heavy (non-hydrogen) atoms. The monoisotopic (exact) mass is 432 g/mol. The van der Waals surface area contributed by atoms with E-state index < -0.39 is 16.9 Å². The van der Waals surface area contributed by atoms with Gasteiger partial charge in [-0.1, -0.05) is 32.0 Å². The average Bonchev–Trinajstić information content (AvgIpc) is 2.79. The fraction of sp³-hybridized carbons (Fsp3) is 0.360. The molecular formula is C25H28N4OS. The molecule has 5 nitrogen and oxygen atoms in total. The van der Waals surface area contributed by atoms with Crippen molar-refractivity contribution in [3.63, 3.8) is 0 Å². The fourth-order valence-electron chi connectivity index (χ4n) is 3.54. The summed E-state index contributed by atoms with van der Waals surface area (Å²) in [7, 11) is 0. The average molecular weight is 433 g/mol. The SMILES string of the molecule is CSc1cc(C(C)(C)C#N)ccc1-c1ccc(CC(C)(C)C(O)c2cncnc2)nc1. The molecule has 160 valence electrons. The number of thioether (sulfide) groups is 1. The second-order valence-corrected chi connectivity index (χ2v) is 9.78. The highest BCUT2D eigenvalue weighted by atomic mass is 32.2. The molecule has 2 heterocycles. The van der Waals surface area contributed by atoms with Crippen molar-refractivity contribution < 1.29 is 5.11 Å². The molecule has 3 rings (SSSR count). The van der Waals surface area contributed by atoms with Crippen LogP contribution in [0.3, 0.4) is 0 Å². The predicted octanol–water partition coefficient (Wildman–Crippen LogP) is 5.36. The Morgan fingerprint density at radius 2 is 1.77 bits per heavy atom. The lowest BCUT2D eigenvalue weighted by Gasteiger charge is -2.30. The van der Waals surface area contributed by atoms with Crippen LogP contribution in [0.2, 0.25) is 0 Å². The van der Waals surface area contributed by atoms with Gasteiger partial charge in [-0.3, -0.25) is 4.98 Å². The van der Waals surface area contributed by atoms with Gasteiger partial charge in [0, 0.05) is 45.7 Å². The molecule has 0 fully saturated rings. The fourth-order valence-corrected chi connectivity index (χ4v) is 4.19. The van der Waals surface area contributed by atoms with Crippen LogP contribution in [0.5, 0.6) is 0 Å². The summed E-state index contributed by atoms with van der Waals surface area (Å²) in [6.07, 6.45) is 8.62. The molecule has 1 unspecified atom stereocenters. The molecular weight excluding hydrogens is 404 g/mol. The van der Waals surface area contributed by atoms with E-state index >= 15 is 0 Å². The smallest absolute Gasteiger partial charge is 0.115 e. The third kappa shape index (κ3) is 5.12. The second-order valence-electron chi connectivity index (χ2n) is 8.93. The van der Waals surface area contributed by atoms with Crippen molar-refractivity contribution in [3.05, 3.63) is 72.1 Å². The van der Waals surface area contributed by atoms with Crippen LogP contribution in [0.4, 0.5) is 0 Å². The molecule has 3 aromatic rings. The molecule has 1 aromatic carbocycles. The lowest BCUT2D eigenvalue weighted by molar-refractivity contribution is 0.0482. The maximum atomic E-state index is 10.8. The minimum absolute atomic E-state index is 0.422. The number of aliphatic hydroxyl groups is 1. The van der Waals surface area contributed by atoms with E-state index in [0.717, 1.165) is 27.3 Å². The Balaban J connectivity index is 1.83. The summed E-state index contributed by atoms with van der Waals surface area (Å²) in [5, 5.41) is 20.2. The first-order valence-electron chi connectivity index (χ1n) is 10.2. The minimum atomic E-state index is -0.686. The van der Waals surface area contributed by atoms with Gasteiger partial charge in [0.25, 0.3) is 0 Å². The van der Waals surface area contributed by atoms with Gasteiger partial charge in [-0.05, 0) is 49.8 Å². The molecule has 2 aromatic heterocycles. The third-order valence-electron chi connectivity index (χ3n) is 5.61. The van der Waals surface area contributed by atoms with Crippen molar-refractivity contribution in [2.75, 3.05) is 6.26 Å². The van der Waals surface area contributed by atoms with Gasteiger partial charge in [-0.25, -0.2) is 9.97 Å². The Labute approximate surface area is 188 Å². The van der Waals surface area contributed by atoms with E-state index in [-0.39, 0.29) is 0 Å². The number of aromatic nitrogens is 3. The van der Waals surface area contributed by atoms with Gasteiger partial charge in [0.2, 0.25) is 0 Å². The maximum absolute atomic E-state index is 10.8. The number of pyridine rings is 1. The molecule has 0 saturated carbocycles. The number of nitriles is 1. The summed E-state index contributed by atoms with van der Waals surface area (Å²) in [4.78, 5) is 13.8. The number of rotatable bonds is 7. The van der Waals surface area contributed by atoms with Crippen LogP contribution < -0.4 is 0 Å². The number of nitrogens with zero attached hydrogens (tertiary/aromatic N) is 4. The molecule has 0 bridgehead atoms. The number of aliphatic hydroxyl groups excluding tert-OH is 1. The molecule has 1 N–H and O–H groups in total. The Hall–Kier alpha value is -2.75. The standard InChI is InChI=1S/C25H28N4OS/c1-24(2,23(30)18-12-27-16-28-13-18)11-20-8-6-17(14-29-20)21-9-7-19(10-22(21)31-5)25(3,4)15-26/h6-10,12-14,16,23,30H,11H2,1-5H3. The summed E-state index contributed by atoms with van der Waals surface area (Å²) >= 11 is 1.66. The normalized spacial score (nSPS) is 12.9. The first-order chi connectivity index (χ1) is 14.7. The first-order valence-corrected chi connectivity index (χ1v) is 11.4. The zero-order valence-corrected chi connectivity index (χ0v) is 19.4. The quantitative estimate of drug-likeness (QED) is 0.506. The van der Waals surface area contributed by atoms with E-state index in [0.29, 0.717) is 12.0 Å². The summed E-state index contributed by atoms with van der Waals surface area (Å²) in [5.41, 5.74) is 3.81. The summed E-state index contributed by atoms with van der Waals surface area (Å²) in [6, 6.07) is 12.6. The van der Waals surface area contributed by atoms with Crippen LogP contribution in [0.1, 0.15) is 50.6 Å². The minimum Gasteiger partial charge on any atom is -0.388 e. The van der Waals surface area contributed by atoms with E-state index in [1.54, 1.807) is 24.2 Å². The van der Waals surface area contributed by atoms with Gasteiger partial charge in [0.05, 0.1) is 17.6 Å². The van der Waals surface area contributed by atoms with Gasteiger partial charge >= 0.3 is 0 Å². The van der Waals surface area contributed by atoms with E-state index in [1.165, 1.54) is 6.33 Å². The lowest BCUT2D eigenvalue weighted by atomic mass is 9.79. The number of benzene rings is 1. The highest BCUT2D eigenvalue weighted by Crippen LogP contribution is 2.37. The maximum Gasteiger partial charge on any atom is 0.115 e. The first kappa shape index (κ1) is 22.9. The third-order valence-corrected chi connectivity index (χ3v) is 6.39. The Bertz CT molecular complexity index is 1070. The van der Waals surface area contributed by atoms with Gasteiger partial charge in [-0.2, -0.15) is 5.26 Å². The lowest BCUT2D eigenvalue weighted by Crippen LogP contribution is -2.25. The van der Waals surface area contributed by atoms with Crippen molar-refractivity contribution >= 4 is 11.8 Å². The molecule has 1 atom stereocenters. The van der Waals surface area contributed by atoms with Crippen LogP contribution in [0.25, 0.3) is 11.1 Å². The highest BCUT2D eigenvalue weighted by Gasteiger charge is 2.30. The van der Waals surface area contributed by atoms with Crippen molar-refractivity contribution in [3.8, 4) is 17.2 Å². The second kappa shape index (κ2) is 9.17. The molecule has 0 aliphatic rings. The van der Waals surface area contributed by atoms with Crippen molar-refractivity contribution in [2.24, 2.45) is 5.41 Å². The molecule has 6 heteroatoms. The van der Waals surface area contributed by atoms with Crippen LogP contribution in [-0.4, -0.2) is 26.3 Å². The Morgan fingerprint density at radius 1 is 1.06 bits per heavy atom. The van der Waals surface area contributed by atoms with Crippen molar-refractivity contribution in [1.29, 1.82) is 5.26 Å². The molecule has 0 aliphatic carbocycles. The summed E-state index contributed by atoms with van der Waals surface area (Å²) in [5.74, 6) is 0. The summed E-state index contributed by atoms with van der Waals surface area (Å²) in [6.45, 7) is 7.89. The highest BCUT2D eigenvalue weighted by molar-refractivity contribution is 7.98. The Morgan fingerprint density at radius 3 is 2.35 bits per heavy atom. The van der Waals surface area contributed by atoms with Gasteiger partial charge in [0.15, 0.2) is 0 Å². The molecule has 0 spiro atoms. The van der Waals surface area contributed by atoms with Gasteiger partial charge in [-0.15, -0.1) is 11.8 Å². The predicted molar refractivity (Wildman–Crippen MR) is 125 cm³/mol. The largest absolute Gasteiger partial charge is 0.388 e. The van der Waals surface area contributed by atoms with Crippen molar-refractivity contribution in [2.45, 2.75) is 50.5 Å². The zero-order chi connectivity index (χ0) is 22.6. The molecule has 0 amide bonds. The van der Waals surface area contributed by atoms with Crippen LogP contribution in [-0.2, 0) is 11.8 Å².